The molecule has 0 saturated carbocycles. The number of methoxy groups -OCH3 is 1. The fourth-order valence-electron chi connectivity index (χ4n) is 1.74. The molecular weight excluding hydrogens is 172 g/mol. The summed E-state index contributed by atoms with van der Waals surface area (Å²) < 4.78 is 5.33. The fraction of sp³-hybridized carbons (Fsp3) is 0.231. The highest BCUT2D eigenvalue weighted by molar-refractivity contribution is 5.72. The first-order valence-corrected chi connectivity index (χ1v) is 4.91. The van der Waals surface area contributed by atoms with Gasteiger partial charge in [-0.25, -0.2) is 0 Å². The van der Waals surface area contributed by atoms with Crippen LogP contribution in [0.3, 0.4) is 0 Å². The molecule has 0 atom stereocenters. The molecule has 0 radical (unpaired) electrons. The van der Waals surface area contributed by atoms with Gasteiger partial charge >= 0.3 is 0 Å². The van der Waals surface area contributed by atoms with Gasteiger partial charge in [0, 0.05) is 5.56 Å². The highest BCUT2D eigenvalue weighted by Gasteiger charge is 2.07. The Morgan fingerprint density at radius 3 is 2.79 bits per heavy atom. The van der Waals surface area contributed by atoms with E-state index >= 15 is 0 Å². The molecule has 0 N–H and O–H groups in total. The molecule has 0 saturated heterocycles. The summed E-state index contributed by atoms with van der Waals surface area (Å²) in [6, 6.07) is 8.18. The summed E-state index contributed by atoms with van der Waals surface area (Å²) in [7, 11) is 1.72. The van der Waals surface area contributed by atoms with Gasteiger partial charge in [0.15, 0.2) is 0 Å². The summed E-state index contributed by atoms with van der Waals surface area (Å²) in [6.45, 7) is 0. The van der Waals surface area contributed by atoms with Crippen LogP contribution < -0.4 is 4.74 Å². The lowest BCUT2D eigenvalue weighted by Gasteiger charge is -2.12. The largest absolute Gasteiger partial charge is 0.496 e. The summed E-state index contributed by atoms with van der Waals surface area (Å²) in [5, 5.41) is 0. The van der Waals surface area contributed by atoms with Crippen LogP contribution in [0.25, 0.3) is 5.57 Å². The van der Waals surface area contributed by atoms with E-state index < -0.39 is 0 Å². The first-order chi connectivity index (χ1) is 6.92. The standard InChI is InChI=1S/C13H14O/c1-14-13-10-6-5-9-12(13)11-7-3-2-4-8-11/h2-3,5-7,9-10H,4,8H2,1H3. The predicted octanol–water partition coefficient (Wildman–Crippen LogP) is 3.43. The van der Waals surface area contributed by atoms with Crippen LogP contribution in [0.1, 0.15) is 18.4 Å². The number of para-hydroxylation sites is 1. The normalized spacial score (nSPS) is 15.1. The molecule has 0 spiro atoms. The van der Waals surface area contributed by atoms with Crippen molar-refractivity contribution in [2.45, 2.75) is 12.8 Å². The van der Waals surface area contributed by atoms with E-state index in [9.17, 15) is 0 Å². The molecule has 0 heterocycles. The van der Waals surface area contributed by atoms with E-state index in [-0.39, 0.29) is 0 Å². The van der Waals surface area contributed by atoms with Crippen molar-refractivity contribution in [2.24, 2.45) is 0 Å². The van der Waals surface area contributed by atoms with Gasteiger partial charge in [0.25, 0.3) is 0 Å². The molecule has 1 aliphatic rings. The molecular formula is C13H14O. The van der Waals surface area contributed by atoms with Gasteiger partial charge in [0.2, 0.25) is 0 Å². The zero-order chi connectivity index (χ0) is 9.80. The average Bonchev–Trinajstić information content (AvgIpc) is 2.30. The van der Waals surface area contributed by atoms with Gasteiger partial charge in [-0.2, -0.15) is 0 Å². The summed E-state index contributed by atoms with van der Waals surface area (Å²) in [4.78, 5) is 0. The van der Waals surface area contributed by atoms with E-state index in [1.807, 2.05) is 12.1 Å². The van der Waals surface area contributed by atoms with E-state index in [0.29, 0.717) is 0 Å². The highest BCUT2D eigenvalue weighted by atomic mass is 16.5. The zero-order valence-electron chi connectivity index (χ0n) is 8.36. The second kappa shape index (κ2) is 4.14. The third-order valence-corrected chi connectivity index (χ3v) is 2.47. The molecule has 0 aliphatic heterocycles. The molecule has 72 valence electrons. The van der Waals surface area contributed by atoms with Crippen LogP contribution >= 0.6 is 0 Å². The Labute approximate surface area is 84.7 Å². The molecule has 14 heavy (non-hydrogen) atoms. The van der Waals surface area contributed by atoms with Crippen LogP contribution in [0.5, 0.6) is 5.75 Å². The fourth-order valence-corrected chi connectivity index (χ4v) is 1.74. The molecule has 0 amide bonds. The van der Waals surface area contributed by atoms with Crippen LogP contribution in [-0.2, 0) is 0 Å². The second-order valence-corrected chi connectivity index (χ2v) is 3.36. The molecule has 1 aromatic carbocycles. The zero-order valence-corrected chi connectivity index (χ0v) is 8.36. The molecule has 1 aromatic rings. The van der Waals surface area contributed by atoms with Crippen LogP contribution in [0, 0.1) is 0 Å². The summed E-state index contributed by atoms with van der Waals surface area (Å²) >= 11 is 0. The van der Waals surface area contributed by atoms with E-state index in [4.69, 9.17) is 4.74 Å². The van der Waals surface area contributed by atoms with Gasteiger partial charge in [0.05, 0.1) is 7.11 Å². The lowest BCUT2D eigenvalue weighted by Crippen LogP contribution is -1.92. The minimum Gasteiger partial charge on any atom is -0.496 e. The lowest BCUT2D eigenvalue weighted by molar-refractivity contribution is 0.413. The summed E-state index contributed by atoms with van der Waals surface area (Å²) in [5.74, 6) is 0.967. The first-order valence-electron chi connectivity index (χ1n) is 4.91. The van der Waals surface area contributed by atoms with Crippen molar-refractivity contribution in [1.82, 2.24) is 0 Å². The van der Waals surface area contributed by atoms with Crippen molar-refractivity contribution in [3.8, 4) is 5.75 Å². The Morgan fingerprint density at radius 1 is 1.21 bits per heavy atom. The van der Waals surface area contributed by atoms with Gasteiger partial charge in [-0.1, -0.05) is 36.4 Å². The first kappa shape index (κ1) is 9.07. The number of ether oxygens (including phenoxy) is 1. The molecule has 1 nitrogen and oxygen atoms in total. The van der Waals surface area contributed by atoms with Gasteiger partial charge in [0.1, 0.15) is 5.75 Å². The number of allylic oxidation sites excluding steroid dienone is 4. The third-order valence-electron chi connectivity index (χ3n) is 2.47. The molecule has 2 rings (SSSR count). The maximum Gasteiger partial charge on any atom is 0.126 e. The van der Waals surface area contributed by atoms with Crippen molar-refractivity contribution in [1.29, 1.82) is 0 Å². The summed E-state index contributed by atoms with van der Waals surface area (Å²) in [6.07, 6.45) is 8.71. The van der Waals surface area contributed by atoms with Crippen molar-refractivity contribution in [3.63, 3.8) is 0 Å². The van der Waals surface area contributed by atoms with E-state index in [1.165, 1.54) is 11.1 Å². The molecule has 0 bridgehead atoms. The Bertz CT molecular complexity index is 375. The van der Waals surface area contributed by atoms with Crippen molar-refractivity contribution in [3.05, 3.63) is 48.1 Å². The second-order valence-electron chi connectivity index (χ2n) is 3.36. The highest BCUT2D eigenvalue weighted by Crippen LogP contribution is 2.30. The average molecular weight is 186 g/mol. The van der Waals surface area contributed by atoms with Crippen molar-refractivity contribution >= 4 is 5.57 Å². The monoisotopic (exact) mass is 186 g/mol. The number of hydrogen-bond acceptors (Lipinski definition) is 1. The molecule has 1 aliphatic carbocycles. The van der Waals surface area contributed by atoms with Gasteiger partial charge in [-0.15, -0.1) is 0 Å². The SMILES string of the molecule is COc1ccccc1C1=CC=CCC1. The van der Waals surface area contributed by atoms with E-state index in [0.717, 1.165) is 18.6 Å². The lowest BCUT2D eigenvalue weighted by atomic mass is 9.97. The maximum absolute atomic E-state index is 5.33. The topological polar surface area (TPSA) is 9.23 Å². The summed E-state index contributed by atoms with van der Waals surface area (Å²) in [5.41, 5.74) is 2.59. The van der Waals surface area contributed by atoms with Gasteiger partial charge in [-0.3, -0.25) is 0 Å². The minimum absolute atomic E-state index is 0.967. The minimum atomic E-state index is 0.967. The number of benzene rings is 1. The number of rotatable bonds is 2. The van der Waals surface area contributed by atoms with Crippen LogP contribution in [0.2, 0.25) is 0 Å². The van der Waals surface area contributed by atoms with Crippen LogP contribution in [0.4, 0.5) is 0 Å². The van der Waals surface area contributed by atoms with Crippen LogP contribution in [-0.4, -0.2) is 7.11 Å². The molecule has 0 unspecified atom stereocenters. The quantitative estimate of drug-likeness (QED) is 0.687. The third kappa shape index (κ3) is 1.72. The van der Waals surface area contributed by atoms with Gasteiger partial charge in [-0.05, 0) is 24.5 Å². The Kier molecular flexibility index (Phi) is 2.68. The van der Waals surface area contributed by atoms with Crippen molar-refractivity contribution in [2.75, 3.05) is 7.11 Å². The van der Waals surface area contributed by atoms with E-state index in [1.54, 1.807) is 7.11 Å². The molecule has 0 aromatic heterocycles. The molecule has 0 fully saturated rings. The van der Waals surface area contributed by atoms with E-state index in [2.05, 4.69) is 30.4 Å². The smallest absolute Gasteiger partial charge is 0.126 e. The van der Waals surface area contributed by atoms with Crippen LogP contribution in [0.15, 0.2) is 42.5 Å². The number of hydrogen-bond donors (Lipinski definition) is 0. The Morgan fingerprint density at radius 2 is 2.07 bits per heavy atom. The predicted molar refractivity (Wildman–Crippen MR) is 59.3 cm³/mol. The Balaban J connectivity index is 2.39. The van der Waals surface area contributed by atoms with Crippen molar-refractivity contribution < 1.29 is 4.74 Å². The Hall–Kier alpha value is -1.50. The molecule has 1 heteroatoms. The maximum atomic E-state index is 5.33. The van der Waals surface area contributed by atoms with Gasteiger partial charge < -0.3 is 4.74 Å².